The maximum atomic E-state index is 11.6. The van der Waals surface area contributed by atoms with Crippen molar-refractivity contribution in [2.75, 3.05) is 5.88 Å². The molecule has 2 nitrogen and oxygen atoms in total. The molecular formula is C16H21ClO2. The number of para-hydroxylation sites is 1. The van der Waals surface area contributed by atoms with Crippen LogP contribution in [0.15, 0.2) is 18.2 Å². The molecule has 1 atom stereocenters. The molecule has 0 amide bonds. The van der Waals surface area contributed by atoms with Crippen molar-refractivity contribution < 1.29 is 9.53 Å². The zero-order valence-corrected chi connectivity index (χ0v) is 12.5. The van der Waals surface area contributed by atoms with Crippen molar-refractivity contribution in [1.29, 1.82) is 0 Å². The van der Waals surface area contributed by atoms with Gasteiger partial charge >= 0.3 is 5.97 Å². The summed E-state index contributed by atoms with van der Waals surface area (Å²) in [6.45, 7) is 6.44. The van der Waals surface area contributed by atoms with Gasteiger partial charge in [-0.2, -0.15) is 0 Å². The molecule has 0 aromatic heterocycles. The predicted molar refractivity (Wildman–Crippen MR) is 78.0 cm³/mol. The van der Waals surface area contributed by atoms with Gasteiger partial charge in [-0.25, -0.2) is 0 Å². The van der Waals surface area contributed by atoms with Crippen LogP contribution in [0.1, 0.15) is 56.6 Å². The molecular weight excluding hydrogens is 260 g/mol. The van der Waals surface area contributed by atoms with Crippen LogP contribution in [0.25, 0.3) is 0 Å². The van der Waals surface area contributed by atoms with Gasteiger partial charge in [0.1, 0.15) is 11.6 Å². The Morgan fingerprint density at radius 1 is 1.32 bits per heavy atom. The topological polar surface area (TPSA) is 26.3 Å². The summed E-state index contributed by atoms with van der Waals surface area (Å²) in [4.78, 5) is 11.6. The van der Waals surface area contributed by atoms with Gasteiger partial charge in [-0.15, -0.1) is 11.6 Å². The van der Waals surface area contributed by atoms with Gasteiger partial charge in [0.2, 0.25) is 0 Å². The minimum Gasteiger partial charge on any atom is -0.425 e. The lowest BCUT2D eigenvalue weighted by Crippen LogP contribution is -2.13. The van der Waals surface area contributed by atoms with Crippen LogP contribution in [0.5, 0.6) is 5.75 Å². The highest BCUT2D eigenvalue weighted by Gasteiger charge is 2.31. The Labute approximate surface area is 120 Å². The number of esters is 1. The van der Waals surface area contributed by atoms with Gasteiger partial charge in [0.05, 0.1) is 0 Å². The normalized spacial score (nSPS) is 16.5. The third kappa shape index (κ3) is 3.30. The van der Waals surface area contributed by atoms with E-state index in [0.717, 1.165) is 22.8 Å². The first-order valence-corrected chi connectivity index (χ1v) is 7.47. The molecule has 1 saturated carbocycles. The zero-order valence-electron chi connectivity index (χ0n) is 11.8. The number of halogens is 1. The molecule has 0 aliphatic heterocycles. The highest BCUT2D eigenvalue weighted by molar-refractivity contribution is 6.26. The Morgan fingerprint density at radius 2 is 1.95 bits per heavy atom. The van der Waals surface area contributed by atoms with Crippen LogP contribution in [0.3, 0.4) is 0 Å². The highest BCUT2D eigenvalue weighted by Crippen LogP contribution is 2.46. The van der Waals surface area contributed by atoms with E-state index < -0.39 is 0 Å². The number of hydrogen-bond donors (Lipinski definition) is 0. The molecule has 19 heavy (non-hydrogen) atoms. The van der Waals surface area contributed by atoms with E-state index in [1.54, 1.807) is 0 Å². The first kappa shape index (κ1) is 14.4. The van der Waals surface area contributed by atoms with Gasteiger partial charge in [-0.1, -0.05) is 39.0 Å². The quantitative estimate of drug-likeness (QED) is 0.452. The molecule has 0 bridgehead atoms. The van der Waals surface area contributed by atoms with Crippen molar-refractivity contribution in [3.63, 3.8) is 0 Å². The summed E-state index contributed by atoms with van der Waals surface area (Å²) >= 11 is 5.57. The number of ether oxygens (including phenoxy) is 1. The number of carbonyl (C=O) groups excluding carboxylic acids is 1. The molecule has 2 rings (SSSR count). The van der Waals surface area contributed by atoms with Crippen LogP contribution in [-0.4, -0.2) is 11.8 Å². The number of carbonyl (C=O) groups is 1. The number of hydrogen-bond acceptors (Lipinski definition) is 2. The largest absolute Gasteiger partial charge is 0.425 e. The minimum absolute atomic E-state index is 0.107. The third-order valence-electron chi connectivity index (χ3n) is 3.84. The van der Waals surface area contributed by atoms with Crippen molar-refractivity contribution in [3.05, 3.63) is 29.3 Å². The Balaban J connectivity index is 2.39. The summed E-state index contributed by atoms with van der Waals surface area (Å²) in [7, 11) is 0. The van der Waals surface area contributed by atoms with E-state index in [4.69, 9.17) is 16.3 Å². The van der Waals surface area contributed by atoms with E-state index in [1.165, 1.54) is 12.8 Å². The molecule has 1 aromatic rings. The van der Waals surface area contributed by atoms with E-state index in [1.807, 2.05) is 6.07 Å². The van der Waals surface area contributed by atoms with Crippen LogP contribution in [0.2, 0.25) is 0 Å². The van der Waals surface area contributed by atoms with Crippen LogP contribution in [-0.2, 0) is 4.79 Å². The maximum Gasteiger partial charge on any atom is 0.326 e. The lowest BCUT2D eigenvalue weighted by Gasteiger charge is -2.20. The van der Waals surface area contributed by atoms with E-state index >= 15 is 0 Å². The molecule has 0 N–H and O–H groups in total. The van der Waals surface area contributed by atoms with Gasteiger partial charge in [0.15, 0.2) is 0 Å². The SMILES string of the molecule is CC(C)c1cccc([C@H](C)C2CC2)c1OC(=O)CCl. The Kier molecular flexibility index (Phi) is 4.51. The lowest BCUT2D eigenvalue weighted by atomic mass is 9.90. The Morgan fingerprint density at radius 3 is 2.47 bits per heavy atom. The lowest BCUT2D eigenvalue weighted by molar-refractivity contribution is -0.131. The molecule has 0 unspecified atom stereocenters. The smallest absolute Gasteiger partial charge is 0.326 e. The monoisotopic (exact) mass is 280 g/mol. The summed E-state index contributed by atoms with van der Waals surface area (Å²) in [5.41, 5.74) is 2.23. The second-order valence-corrected chi connectivity index (χ2v) is 5.92. The molecule has 1 aromatic carbocycles. The van der Waals surface area contributed by atoms with E-state index in [9.17, 15) is 4.79 Å². The fourth-order valence-electron chi connectivity index (χ4n) is 2.50. The Hall–Kier alpha value is -1.02. The van der Waals surface area contributed by atoms with Crippen molar-refractivity contribution in [2.45, 2.75) is 45.4 Å². The fourth-order valence-corrected chi connectivity index (χ4v) is 2.55. The number of benzene rings is 1. The maximum absolute atomic E-state index is 11.6. The summed E-state index contributed by atoms with van der Waals surface area (Å²) < 4.78 is 5.52. The van der Waals surface area contributed by atoms with E-state index in [0.29, 0.717) is 11.8 Å². The average molecular weight is 281 g/mol. The molecule has 1 aliphatic rings. The highest BCUT2D eigenvalue weighted by atomic mass is 35.5. The predicted octanol–water partition coefficient (Wildman–Crippen LogP) is 4.47. The van der Waals surface area contributed by atoms with Crippen molar-refractivity contribution in [2.24, 2.45) is 5.92 Å². The fraction of sp³-hybridized carbons (Fsp3) is 0.562. The van der Waals surface area contributed by atoms with Gasteiger partial charge in [0, 0.05) is 0 Å². The van der Waals surface area contributed by atoms with Gasteiger partial charge < -0.3 is 4.74 Å². The van der Waals surface area contributed by atoms with E-state index in [-0.39, 0.29) is 11.8 Å². The second kappa shape index (κ2) is 5.96. The number of rotatable bonds is 5. The molecule has 0 heterocycles. The molecule has 104 valence electrons. The first-order valence-electron chi connectivity index (χ1n) is 6.94. The average Bonchev–Trinajstić information content (AvgIpc) is 3.22. The molecule has 0 saturated heterocycles. The van der Waals surface area contributed by atoms with Crippen molar-refractivity contribution in [1.82, 2.24) is 0 Å². The summed E-state index contributed by atoms with van der Waals surface area (Å²) in [6.07, 6.45) is 2.55. The molecule has 0 radical (unpaired) electrons. The Bertz CT molecular complexity index is 464. The summed E-state index contributed by atoms with van der Waals surface area (Å²) in [5.74, 6) is 1.75. The summed E-state index contributed by atoms with van der Waals surface area (Å²) in [5, 5.41) is 0. The van der Waals surface area contributed by atoms with Gasteiger partial charge in [-0.05, 0) is 41.7 Å². The molecule has 1 aliphatic carbocycles. The van der Waals surface area contributed by atoms with Gasteiger partial charge in [0.25, 0.3) is 0 Å². The van der Waals surface area contributed by atoms with Crippen LogP contribution >= 0.6 is 11.6 Å². The third-order valence-corrected chi connectivity index (χ3v) is 4.06. The second-order valence-electron chi connectivity index (χ2n) is 5.65. The van der Waals surface area contributed by atoms with Gasteiger partial charge in [-0.3, -0.25) is 4.79 Å². The number of alkyl halides is 1. The first-order chi connectivity index (χ1) is 9.04. The minimum atomic E-state index is -0.376. The molecule has 0 spiro atoms. The zero-order chi connectivity index (χ0) is 14.0. The van der Waals surface area contributed by atoms with Crippen LogP contribution in [0, 0.1) is 5.92 Å². The van der Waals surface area contributed by atoms with Crippen LogP contribution in [0.4, 0.5) is 0 Å². The van der Waals surface area contributed by atoms with Crippen molar-refractivity contribution in [3.8, 4) is 5.75 Å². The standard InChI is InChI=1S/C16H21ClO2/c1-10(2)13-5-4-6-14(11(3)12-7-8-12)16(13)19-15(18)9-17/h4-6,10-12H,7-9H2,1-3H3/t11-/m1/s1. The molecule has 3 heteroatoms. The van der Waals surface area contributed by atoms with E-state index in [2.05, 4.69) is 32.9 Å². The molecule has 1 fully saturated rings. The van der Waals surface area contributed by atoms with Crippen LogP contribution < -0.4 is 4.74 Å². The summed E-state index contributed by atoms with van der Waals surface area (Å²) in [6, 6.07) is 6.16. The van der Waals surface area contributed by atoms with Crippen molar-refractivity contribution >= 4 is 17.6 Å².